The van der Waals surface area contributed by atoms with Crippen LogP contribution in [0.5, 0.6) is 5.75 Å². The highest BCUT2D eigenvalue weighted by Crippen LogP contribution is 2.32. The number of carbonyl (C=O) groups is 1. The van der Waals surface area contributed by atoms with Gasteiger partial charge in [-0.2, -0.15) is 0 Å². The van der Waals surface area contributed by atoms with Crippen molar-refractivity contribution in [2.75, 3.05) is 12.3 Å². The number of nitrogen functional groups attached to an aromatic ring is 1. The predicted molar refractivity (Wildman–Crippen MR) is 63.6 cm³/mol. The van der Waals surface area contributed by atoms with Crippen molar-refractivity contribution in [1.82, 2.24) is 4.98 Å². The van der Waals surface area contributed by atoms with Gasteiger partial charge in [0.2, 0.25) is 0 Å². The van der Waals surface area contributed by atoms with Gasteiger partial charge in [-0.25, -0.2) is 4.98 Å². The Morgan fingerprint density at radius 1 is 1.45 bits per heavy atom. The van der Waals surface area contributed by atoms with Crippen LogP contribution in [0.15, 0.2) is 6.20 Å². The van der Waals surface area contributed by atoms with Gasteiger partial charge in [-0.3, -0.25) is 4.79 Å². The van der Waals surface area contributed by atoms with Gasteiger partial charge in [-0.05, 0) is 6.92 Å². The van der Waals surface area contributed by atoms with E-state index in [0.717, 1.165) is 6.20 Å². The molecule has 0 bridgehead atoms. The number of esters is 1. The Bertz CT molecular complexity index is 492. The third-order valence-electron chi connectivity index (χ3n) is 2.30. The van der Waals surface area contributed by atoms with Crippen molar-refractivity contribution in [1.29, 1.82) is 0 Å². The fraction of sp³-hybridized carbons (Fsp3) is 0.455. The van der Waals surface area contributed by atoms with Gasteiger partial charge in [0.25, 0.3) is 0 Å². The van der Waals surface area contributed by atoms with E-state index >= 15 is 0 Å². The maximum Gasteiger partial charge on any atom is 0.573 e. The Morgan fingerprint density at radius 2 is 2.10 bits per heavy atom. The number of halogens is 3. The quantitative estimate of drug-likeness (QED) is 0.789. The van der Waals surface area contributed by atoms with E-state index in [-0.39, 0.29) is 30.1 Å². The molecule has 1 aromatic heterocycles. The van der Waals surface area contributed by atoms with E-state index in [0.29, 0.717) is 0 Å². The molecule has 0 aliphatic carbocycles. The summed E-state index contributed by atoms with van der Waals surface area (Å²) in [5.74, 6) is -1.57. The van der Waals surface area contributed by atoms with Crippen LogP contribution >= 0.6 is 0 Å². The molecule has 0 aromatic carbocycles. The molecule has 112 valence electrons. The van der Waals surface area contributed by atoms with Crippen LogP contribution in [-0.4, -0.2) is 23.9 Å². The maximum atomic E-state index is 12.4. The molecule has 9 heteroatoms. The van der Waals surface area contributed by atoms with Gasteiger partial charge in [-0.1, -0.05) is 0 Å². The van der Waals surface area contributed by atoms with Crippen LogP contribution in [0, 0.1) is 0 Å². The fourth-order valence-corrected chi connectivity index (χ4v) is 1.51. The van der Waals surface area contributed by atoms with E-state index < -0.39 is 24.5 Å². The second kappa shape index (κ2) is 6.42. The van der Waals surface area contributed by atoms with Crippen LogP contribution in [0.1, 0.15) is 18.1 Å². The summed E-state index contributed by atoms with van der Waals surface area (Å²) >= 11 is 0. The third kappa shape index (κ3) is 4.26. The normalized spacial score (nSPS) is 11.2. The molecule has 0 aliphatic heterocycles. The van der Waals surface area contributed by atoms with E-state index in [2.05, 4.69) is 14.5 Å². The molecule has 0 spiro atoms. The molecule has 0 fully saturated rings. The van der Waals surface area contributed by atoms with Gasteiger partial charge >= 0.3 is 12.3 Å². The Morgan fingerprint density at radius 3 is 2.60 bits per heavy atom. The number of nitrogens with zero attached hydrogens (tertiary/aromatic N) is 1. The van der Waals surface area contributed by atoms with Crippen LogP contribution < -0.4 is 16.2 Å². The number of alkyl halides is 3. The summed E-state index contributed by atoms with van der Waals surface area (Å²) in [6, 6.07) is 0. The number of ether oxygens (including phenoxy) is 2. The molecule has 6 nitrogen and oxygen atoms in total. The highest BCUT2D eigenvalue weighted by atomic mass is 19.4. The minimum absolute atomic E-state index is 0.00387. The Kier molecular flexibility index (Phi) is 5.14. The van der Waals surface area contributed by atoms with Gasteiger partial charge in [0.05, 0.1) is 13.0 Å². The van der Waals surface area contributed by atoms with Gasteiger partial charge in [0, 0.05) is 23.9 Å². The Balaban J connectivity index is 3.21. The summed E-state index contributed by atoms with van der Waals surface area (Å²) in [6.07, 6.45) is -4.34. The highest BCUT2D eigenvalue weighted by Gasteiger charge is 2.34. The second-order valence-corrected chi connectivity index (χ2v) is 3.71. The largest absolute Gasteiger partial charge is 0.573 e. The summed E-state index contributed by atoms with van der Waals surface area (Å²) in [7, 11) is 0. The molecule has 4 N–H and O–H groups in total. The van der Waals surface area contributed by atoms with E-state index in [4.69, 9.17) is 11.5 Å². The van der Waals surface area contributed by atoms with E-state index in [1.54, 1.807) is 6.92 Å². The lowest BCUT2D eigenvalue weighted by Gasteiger charge is -2.17. The fourth-order valence-electron chi connectivity index (χ4n) is 1.51. The molecule has 1 aromatic rings. The predicted octanol–water partition coefficient (Wildman–Crippen LogP) is 1.13. The lowest BCUT2D eigenvalue weighted by Crippen LogP contribution is -2.22. The first-order valence-electron chi connectivity index (χ1n) is 5.66. The van der Waals surface area contributed by atoms with Crippen LogP contribution in [0.3, 0.4) is 0 Å². The van der Waals surface area contributed by atoms with Gasteiger partial charge in [0.15, 0.2) is 0 Å². The molecule has 0 radical (unpaired) electrons. The number of hydrogen-bond donors (Lipinski definition) is 2. The lowest BCUT2D eigenvalue weighted by molar-refractivity contribution is -0.275. The zero-order chi connectivity index (χ0) is 15.3. The molecule has 1 rings (SSSR count). The molecule has 0 saturated carbocycles. The number of carbonyl (C=O) groups excluding carboxylic acids is 1. The summed E-state index contributed by atoms with van der Waals surface area (Å²) < 4.78 is 45.8. The molecular formula is C11H14F3N3O3. The molecule has 20 heavy (non-hydrogen) atoms. The molecule has 0 unspecified atom stereocenters. The van der Waals surface area contributed by atoms with Gasteiger partial charge in [-0.15, -0.1) is 13.2 Å². The summed E-state index contributed by atoms with van der Waals surface area (Å²) in [4.78, 5) is 15.1. The average molecular weight is 293 g/mol. The monoisotopic (exact) mass is 293 g/mol. The van der Waals surface area contributed by atoms with Gasteiger partial charge in [0.1, 0.15) is 11.6 Å². The standard InChI is InChI=1S/C11H14F3N3O3/c1-2-19-8(18)3-7-9(20-11(12,13)14)6(4-15)5-17-10(7)16/h5H,2-4,15H2,1H3,(H2,16,17). The number of anilines is 1. The van der Waals surface area contributed by atoms with E-state index in [1.165, 1.54) is 0 Å². The van der Waals surface area contributed by atoms with Crippen molar-refractivity contribution < 1.29 is 27.4 Å². The molecule has 0 atom stereocenters. The molecule has 0 saturated heterocycles. The van der Waals surface area contributed by atoms with Crippen molar-refractivity contribution in [3.8, 4) is 5.75 Å². The Hall–Kier alpha value is -2.03. The number of hydrogen-bond acceptors (Lipinski definition) is 6. The highest BCUT2D eigenvalue weighted by molar-refractivity contribution is 5.76. The Labute approximate surface area is 112 Å². The zero-order valence-corrected chi connectivity index (χ0v) is 10.7. The number of nitrogens with two attached hydrogens (primary N) is 2. The van der Waals surface area contributed by atoms with E-state index in [1.807, 2.05) is 0 Å². The van der Waals surface area contributed by atoms with Crippen LogP contribution in [0.2, 0.25) is 0 Å². The van der Waals surface area contributed by atoms with Crippen molar-refractivity contribution in [2.24, 2.45) is 5.73 Å². The first-order chi connectivity index (χ1) is 9.28. The van der Waals surface area contributed by atoms with Crippen molar-refractivity contribution in [2.45, 2.75) is 26.3 Å². The third-order valence-corrected chi connectivity index (χ3v) is 2.30. The van der Waals surface area contributed by atoms with Crippen LogP contribution in [0.25, 0.3) is 0 Å². The topological polar surface area (TPSA) is 100 Å². The summed E-state index contributed by atoms with van der Waals surface area (Å²) in [5.41, 5.74) is 10.6. The molecule has 1 heterocycles. The van der Waals surface area contributed by atoms with Crippen LogP contribution in [-0.2, 0) is 22.5 Å². The second-order valence-electron chi connectivity index (χ2n) is 3.71. The van der Waals surface area contributed by atoms with Crippen LogP contribution in [0.4, 0.5) is 19.0 Å². The maximum absolute atomic E-state index is 12.4. The SMILES string of the molecule is CCOC(=O)Cc1c(N)ncc(CN)c1OC(F)(F)F. The zero-order valence-electron chi connectivity index (χ0n) is 10.7. The number of rotatable bonds is 5. The lowest BCUT2D eigenvalue weighted by atomic mass is 10.1. The number of aromatic nitrogens is 1. The minimum Gasteiger partial charge on any atom is -0.466 e. The number of pyridine rings is 1. The molecule has 0 aliphatic rings. The first-order valence-corrected chi connectivity index (χ1v) is 5.66. The molecule has 0 amide bonds. The van der Waals surface area contributed by atoms with Crippen molar-refractivity contribution in [3.63, 3.8) is 0 Å². The van der Waals surface area contributed by atoms with Gasteiger partial charge < -0.3 is 20.9 Å². The average Bonchev–Trinajstić information content (AvgIpc) is 2.32. The minimum atomic E-state index is -4.93. The first kappa shape index (κ1) is 16.0. The molecular weight excluding hydrogens is 279 g/mol. The van der Waals surface area contributed by atoms with Crippen molar-refractivity contribution >= 4 is 11.8 Å². The summed E-state index contributed by atoms with van der Waals surface area (Å²) in [6.45, 7) is 1.43. The smallest absolute Gasteiger partial charge is 0.466 e. The summed E-state index contributed by atoms with van der Waals surface area (Å²) in [5, 5.41) is 0. The van der Waals surface area contributed by atoms with E-state index in [9.17, 15) is 18.0 Å². The van der Waals surface area contributed by atoms with Crippen molar-refractivity contribution in [3.05, 3.63) is 17.3 Å².